The number of hydrogen-bond acceptors (Lipinski definition) is 8. The van der Waals surface area contributed by atoms with E-state index in [0.29, 0.717) is 11.1 Å². The molecular formula is C26H31N3O4S. The number of thioether (sulfide) groups is 1. The lowest BCUT2D eigenvalue weighted by molar-refractivity contribution is -0.146. The molecule has 2 aliphatic rings. The van der Waals surface area contributed by atoms with Crippen molar-refractivity contribution in [1.29, 1.82) is 0 Å². The van der Waals surface area contributed by atoms with E-state index in [0.717, 1.165) is 54.1 Å². The fraction of sp³-hybridized carbons (Fsp3) is 0.423. The first-order valence-electron chi connectivity index (χ1n) is 11.7. The summed E-state index contributed by atoms with van der Waals surface area (Å²) in [5, 5.41) is 15.4. The molecule has 2 unspecified atom stereocenters. The van der Waals surface area contributed by atoms with Crippen LogP contribution >= 0.6 is 11.8 Å². The number of ether oxygens (including phenoxy) is 1. The van der Waals surface area contributed by atoms with E-state index in [-0.39, 0.29) is 43.3 Å². The summed E-state index contributed by atoms with van der Waals surface area (Å²) in [5.74, 6) is 1.83. The van der Waals surface area contributed by atoms with Crippen molar-refractivity contribution >= 4 is 29.7 Å². The van der Waals surface area contributed by atoms with Gasteiger partial charge >= 0.3 is 5.97 Å². The van der Waals surface area contributed by atoms with Gasteiger partial charge in [0.05, 0.1) is 19.2 Å². The number of aliphatic hydroxyl groups is 1. The molecular weight excluding hydrogens is 450 g/mol. The molecule has 180 valence electrons. The van der Waals surface area contributed by atoms with Crippen molar-refractivity contribution in [3.8, 4) is 0 Å². The number of carbonyl (C=O) groups is 2. The third-order valence-corrected chi connectivity index (χ3v) is 7.31. The molecule has 2 atom stereocenters. The quantitative estimate of drug-likeness (QED) is 0.339. The monoisotopic (exact) mass is 481 g/mol. The Hall–Kier alpha value is -2.68. The maximum atomic E-state index is 13.1. The molecule has 8 heteroatoms. The van der Waals surface area contributed by atoms with Gasteiger partial charge in [-0.15, -0.1) is 0 Å². The van der Waals surface area contributed by atoms with Crippen LogP contribution in [0.2, 0.25) is 0 Å². The Morgan fingerprint density at radius 3 is 2.62 bits per heavy atom. The lowest BCUT2D eigenvalue weighted by Crippen LogP contribution is -2.30. The van der Waals surface area contributed by atoms with Crippen LogP contribution in [0, 0.1) is 5.92 Å². The highest BCUT2D eigenvalue weighted by Gasteiger charge is 2.29. The lowest BCUT2D eigenvalue weighted by atomic mass is 9.78. The summed E-state index contributed by atoms with van der Waals surface area (Å²) in [5.41, 5.74) is 10.7. The SMILES string of the molecule is NC1c2ccc(C(=O)c3ccc(C=NN4CCSCC4)cc3)cc2CCC1CC(=O)OCCO. The number of benzene rings is 2. The number of hydrazone groups is 1. The van der Waals surface area contributed by atoms with Crippen LogP contribution in [0.4, 0.5) is 0 Å². The second-order valence-corrected chi connectivity index (χ2v) is 9.87. The zero-order valence-corrected chi connectivity index (χ0v) is 20.0. The van der Waals surface area contributed by atoms with Crippen molar-refractivity contribution in [1.82, 2.24) is 5.01 Å². The Kier molecular flexibility index (Phi) is 8.37. The van der Waals surface area contributed by atoms with Crippen LogP contribution in [-0.4, -0.2) is 65.9 Å². The van der Waals surface area contributed by atoms with Gasteiger partial charge in [-0.05, 0) is 41.5 Å². The van der Waals surface area contributed by atoms with E-state index in [2.05, 4.69) is 10.1 Å². The van der Waals surface area contributed by atoms with E-state index in [9.17, 15) is 9.59 Å². The van der Waals surface area contributed by atoms with Gasteiger partial charge in [-0.25, -0.2) is 0 Å². The van der Waals surface area contributed by atoms with Crippen molar-refractivity contribution in [3.63, 3.8) is 0 Å². The number of carbonyl (C=O) groups excluding carboxylic acids is 2. The summed E-state index contributed by atoms with van der Waals surface area (Å²) in [4.78, 5) is 25.0. The van der Waals surface area contributed by atoms with Gasteiger partial charge in [0, 0.05) is 41.8 Å². The minimum absolute atomic E-state index is 0.00825. The van der Waals surface area contributed by atoms with Crippen molar-refractivity contribution in [2.45, 2.75) is 25.3 Å². The van der Waals surface area contributed by atoms with Gasteiger partial charge < -0.3 is 15.6 Å². The van der Waals surface area contributed by atoms with Crippen LogP contribution in [0.25, 0.3) is 0 Å². The summed E-state index contributed by atoms with van der Waals surface area (Å²) in [6.07, 6.45) is 3.59. The fourth-order valence-electron chi connectivity index (χ4n) is 4.43. The highest BCUT2D eigenvalue weighted by molar-refractivity contribution is 7.99. The molecule has 34 heavy (non-hydrogen) atoms. The molecule has 0 bridgehead atoms. The van der Waals surface area contributed by atoms with E-state index < -0.39 is 0 Å². The normalized spacial score (nSPS) is 20.2. The van der Waals surface area contributed by atoms with Crippen LogP contribution in [0.1, 0.15) is 51.5 Å². The van der Waals surface area contributed by atoms with Crippen LogP contribution < -0.4 is 5.73 Å². The number of aryl methyl sites for hydroxylation is 1. The van der Waals surface area contributed by atoms with Crippen molar-refractivity contribution in [2.24, 2.45) is 16.8 Å². The molecule has 1 saturated heterocycles. The van der Waals surface area contributed by atoms with Crippen molar-refractivity contribution < 1.29 is 19.4 Å². The van der Waals surface area contributed by atoms with E-state index >= 15 is 0 Å². The number of ketones is 1. The summed E-state index contributed by atoms with van der Waals surface area (Å²) in [6.45, 7) is 1.76. The highest BCUT2D eigenvalue weighted by Crippen LogP contribution is 2.35. The molecule has 4 rings (SSSR count). The van der Waals surface area contributed by atoms with Crippen LogP contribution in [0.5, 0.6) is 0 Å². The molecule has 0 spiro atoms. The Bertz CT molecular complexity index is 1030. The van der Waals surface area contributed by atoms with E-state index in [1.807, 2.05) is 60.4 Å². The molecule has 7 nitrogen and oxygen atoms in total. The average Bonchev–Trinajstić information content (AvgIpc) is 2.88. The predicted octanol–water partition coefficient (Wildman–Crippen LogP) is 2.79. The standard InChI is InChI=1S/C26H31N3O4S/c27-25-21(16-24(31)33-12-11-30)6-5-20-15-22(7-8-23(20)25)26(32)19-3-1-18(2-4-19)17-28-29-9-13-34-14-10-29/h1-4,7-8,15,17,21,25,30H,5-6,9-14,16,27H2. The average molecular weight is 482 g/mol. The largest absolute Gasteiger partial charge is 0.463 e. The molecule has 2 aromatic carbocycles. The van der Waals surface area contributed by atoms with E-state index in [1.54, 1.807) is 0 Å². The molecule has 0 amide bonds. The molecule has 0 saturated carbocycles. The Morgan fingerprint density at radius 1 is 1.15 bits per heavy atom. The van der Waals surface area contributed by atoms with E-state index in [4.69, 9.17) is 15.6 Å². The number of nitrogens with two attached hydrogens (primary N) is 1. The molecule has 1 fully saturated rings. The maximum absolute atomic E-state index is 13.1. The van der Waals surface area contributed by atoms with Gasteiger partial charge in [-0.3, -0.25) is 14.6 Å². The third kappa shape index (κ3) is 6.05. The van der Waals surface area contributed by atoms with Gasteiger partial charge in [0.15, 0.2) is 5.78 Å². The van der Waals surface area contributed by atoms with E-state index in [1.165, 1.54) is 0 Å². The van der Waals surface area contributed by atoms with Gasteiger partial charge in [-0.1, -0.05) is 36.4 Å². The third-order valence-electron chi connectivity index (χ3n) is 6.37. The van der Waals surface area contributed by atoms with Gasteiger partial charge in [0.1, 0.15) is 6.61 Å². The zero-order valence-electron chi connectivity index (χ0n) is 19.2. The van der Waals surface area contributed by atoms with Gasteiger partial charge in [0.2, 0.25) is 0 Å². The maximum Gasteiger partial charge on any atom is 0.306 e. The molecule has 3 N–H and O–H groups in total. The van der Waals surface area contributed by atoms with Crippen molar-refractivity contribution in [3.05, 3.63) is 70.3 Å². The Labute approximate surface area is 204 Å². The summed E-state index contributed by atoms with van der Waals surface area (Å²) in [7, 11) is 0. The molecule has 0 radical (unpaired) electrons. The molecule has 2 aromatic rings. The number of aliphatic hydroxyl groups excluding tert-OH is 1. The molecule has 1 heterocycles. The first-order valence-corrected chi connectivity index (χ1v) is 12.9. The van der Waals surface area contributed by atoms with Crippen LogP contribution in [-0.2, 0) is 16.0 Å². The summed E-state index contributed by atoms with van der Waals surface area (Å²) < 4.78 is 4.98. The summed E-state index contributed by atoms with van der Waals surface area (Å²) in [6, 6.07) is 12.9. The fourth-order valence-corrected chi connectivity index (χ4v) is 5.31. The smallest absolute Gasteiger partial charge is 0.306 e. The van der Waals surface area contributed by atoms with Crippen LogP contribution in [0.3, 0.4) is 0 Å². The highest BCUT2D eigenvalue weighted by atomic mass is 32.2. The number of fused-ring (bicyclic) bond motifs is 1. The molecule has 1 aliphatic carbocycles. The predicted molar refractivity (Wildman–Crippen MR) is 134 cm³/mol. The Balaban J connectivity index is 1.40. The lowest BCUT2D eigenvalue weighted by Gasteiger charge is -2.30. The topological polar surface area (TPSA) is 105 Å². The van der Waals surface area contributed by atoms with Gasteiger partial charge in [0.25, 0.3) is 0 Å². The number of rotatable bonds is 8. The molecule has 0 aromatic heterocycles. The zero-order chi connectivity index (χ0) is 23.9. The number of hydrogen-bond donors (Lipinski definition) is 2. The van der Waals surface area contributed by atoms with Crippen molar-refractivity contribution in [2.75, 3.05) is 37.8 Å². The second kappa shape index (κ2) is 11.6. The number of esters is 1. The van der Waals surface area contributed by atoms with Gasteiger partial charge in [-0.2, -0.15) is 16.9 Å². The first-order chi connectivity index (χ1) is 16.5. The summed E-state index contributed by atoms with van der Waals surface area (Å²) >= 11 is 1.95. The minimum Gasteiger partial charge on any atom is -0.463 e. The first kappa shape index (κ1) is 24.4. The Morgan fingerprint density at radius 2 is 1.88 bits per heavy atom. The minimum atomic E-state index is -0.340. The number of nitrogens with zero attached hydrogens (tertiary/aromatic N) is 2. The second-order valence-electron chi connectivity index (χ2n) is 8.65. The van der Waals surface area contributed by atoms with Crippen LogP contribution in [0.15, 0.2) is 47.6 Å². The molecule has 1 aliphatic heterocycles.